The summed E-state index contributed by atoms with van der Waals surface area (Å²) in [4.78, 5) is 17.5. The summed E-state index contributed by atoms with van der Waals surface area (Å²) in [5, 5.41) is 3.09. The molecule has 0 atom stereocenters. The van der Waals surface area contributed by atoms with Gasteiger partial charge in [0.2, 0.25) is 0 Å². The highest BCUT2D eigenvalue weighted by molar-refractivity contribution is 14.1. The summed E-state index contributed by atoms with van der Waals surface area (Å²) in [5.74, 6) is -0.284. The van der Waals surface area contributed by atoms with Crippen molar-refractivity contribution in [3.63, 3.8) is 0 Å². The normalized spacial score (nSPS) is 13.6. The fourth-order valence-corrected chi connectivity index (χ4v) is 3.52. The van der Waals surface area contributed by atoms with Gasteiger partial charge in [-0.2, -0.15) is 0 Å². The largest absolute Gasteiger partial charge is 0.354 e. The van der Waals surface area contributed by atoms with Crippen molar-refractivity contribution < 1.29 is 14.0 Å². The van der Waals surface area contributed by atoms with Gasteiger partial charge in [-0.15, -0.1) is 0 Å². The van der Waals surface area contributed by atoms with Crippen LogP contribution in [0, 0.1) is 15.3 Å². The Kier molecular flexibility index (Phi) is 5.72. The summed E-state index contributed by atoms with van der Waals surface area (Å²) in [6, 6.07) is 9.70. The lowest BCUT2D eigenvalue weighted by atomic mass is 10.1. The van der Waals surface area contributed by atoms with E-state index in [1.54, 1.807) is 0 Å². The van der Waals surface area contributed by atoms with Crippen molar-refractivity contribution in [1.82, 2.24) is 5.48 Å². The van der Waals surface area contributed by atoms with Crippen LogP contribution in [-0.4, -0.2) is 12.5 Å². The molecule has 2 N–H and O–H groups in total. The van der Waals surface area contributed by atoms with E-state index in [9.17, 15) is 9.18 Å². The van der Waals surface area contributed by atoms with Crippen LogP contribution in [0.4, 0.5) is 15.8 Å². The molecule has 0 aliphatic heterocycles. The zero-order valence-corrected chi connectivity index (χ0v) is 16.4. The fraction of sp³-hybridized carbons (Fsp3) is 0.235. The second kappa shape index (κ2) is 7.79. The first-order chi connectivity index (χ1) is 11.5. The van der Waals surface area contributed by atoms with Gasteiger partial charge in [0.15, 0.2) is 0 Å². The van der Waals surface area contributed by atoms with Gasteiger partial charge in [0.1, 0.15) is 5.82 Å². The van der Waals surface area contributed by atoms with Crippen molar-refractivity contribution >= 4 is 55.8 Å². The van der Waals surface area contributed by atoms with E-state index in [4.69, 9.17) is 4.84 Å². The van der Waals surface area contributed by atoms with Crippen molar-refractivity contribution in [2.45, 2.75) is 12.8 Å². The SMILES string of the molecule is O=C(NOCC1CC1)c1ccc(F)cc1Nc1ccc(I)cc1Br. The van der Waals surface area contributed by atoms with E-state index in [1.165, 1.54) is 18.2 Å². The van der Waals surface area contributed by atoms with Gasteiger partial charge in [0.05, 0.1) is 23.5 Å². The highest BCUT2D eigenvalue weighted by Gasteiger charge is 2.22. The predicted octanol–water partition coefficient (Wildman–Crippen LogP) is 5.01. The quantitative estimate of drug-likeness (QED) is 0.429. The van der Waals surface area contributed by atoms with Crippen LogP contribution in [0.5, 0.6) is 0 Å². The first-order valence-electron chi connectivity index (χ1n) is 7.46. The first-order valence-corrected chi connectivity index (χ1v) is 9.34. The summed E-state index contributed by atoms with van der Waals surface area (Å²) >= 11 is 5.67. The van der Waals surface area contributed by atoms with E-state index in [2.05, 4.69) is 49.3 Å². The van der Waals surface area contributed by atoms with Crippen LogP contribution >= 0.6 is 38.5 Å². The Morgan fingerprint density at radius 3 is 2.75 bits per heavy atom. The third kappa shape index (κ3) is 4.67. The molecule has 24 heavy (non-hydrogen) atoms. The number of hydrogen-bond donors (Lipinski definition) is 2. The topological polar surface area (TPSA) is 50.4 Å². The van der Waals surface area contributed by atoms with E-state index in [1.807, 2.05) is 18.2 Å². The Labute approximate surface area is 161 Å². The summed E-state index contributed by atoms with van der Waals surface area (Å²) in [6.07, 6.45) is 2.28. The molecule has 126 valence electrons. The van der Waals surface area contributed by atoms with Gasteiger partial charge in [-0.3, -0.25) is 9.63 Å². The number of halogens is 3. The molecule has 1 saturated carbocycles. The van der Waals surface area contributed by atoms with Crippen molar-refractivity contribution in [1.29, 1.82) is 0 Å². The molecule has 4 nitrogen and oxygen atoms in total. The number of carbonyl (C=O) groups is 1. The zero-order chi connectivity index (χ0) is 17.1. The lowest BCUT2D eigenvalue weighted by molar-refractivity contribution is 0.0271. The molecule has 0 radical (unpaired) electrons. The smallest absolute Gasteiger partial charge is 0.276 e. The number of hydroxylamine groups is 1. The third-order valence-corrected chi connectivity index (χ3v) is 4.93. The Morgan fingerprint density at radius 1 is 1.25 bits per heavy atom. The molecule has 0 bridgehead atoms. The highest BCUT2D eigenvalue weighted by atomic mass is 127. The van der Waals surface area contributed by atoms with Crippen LogP contribution in [0.15, 0.2) is 40.9 Å². The molecule has 7 heteroatoms. The van der Waals surface area contributed by atoms with Crippen LogP contribution in [0.25, 0.3) is 0 Å². The number of benzene rings is 2. The summed E-state index contributed by atoms with van der Waals surface area (Å²) in [6.45, 7) is 0.512. The fourth-order valence-electron chi connectivity index (χ4n) is 2.12. The molecule has 0 spiro atoms. The maximum Gasteiger partial charge on any atom is 0.276 e. The zero-order valence-electron chi connectivity index (χ0n) is 12.6. The monoisotopic (exact) mass is 504 g/mol. The van der Waals surface area contributed by atoms with Crippen molar-refractivity contribution in [3.05, 3.63) is 55.8 Å². The molecule has 1 aliphatic carbocycles. The van der Waals surface area contributed by atoms with E-state index in [0.717, 1.165) is 26.6 Å². The average molecular weight is 505 g/mol. The molecule has 0 saturated heterocycles. The van der Waals surface area contributed by atoms with Crippen molar-refractivity contribution in [3.8, 4) is 0 Å². The molecule has 3 rings (SSSR count). The standard InChI is InChI=1S/C17H15BrFIN2O2/c18-14-8-12(20)4-6-15(14)21-16-7-11(19)3-5-13(16)17(23)22-24-9-10-1-2-10/h3-8,10,21H,1-2,9H2,(H,22,23). The molecule has 1 aliphatic rings. The molecule has 0 unspecified atom stereocenters. The van der Waals surface area contributed by atoms with Gasteiger partial charge in [-0.25, -0.2) is 9.87 Å². The Balaban J connectivity index is 1.77. The first kappa shape index (κ1) is 17.6. The minimum absolute atomic E-state index is 0.317. The summed E-state index contributed by atoms with van der Waals surface area (Å²) in [7, 11) is 0. The van der Waals surface area contributed by atoms with E-state index in [-0.39, 0.29) is 0 Å². The Hall–Kier alpha value is -1.19. The van der Waals surface area contributed by atoms with Crippen LogP contribution in [0.2, 0.25) is 0 Å². The molecule has 2 aromatic carbocycles. The van der Waals surface area contributed by atoms with Gasteiger partial charge in [-0.05, 0) is 93.7 Å². The van der Waals surface area contributed by atoms with Gasteiger partial charge >= 0.3 is 0 Å². The summed E-state index contributed by atoms with van der Waals surface area (Å²) in [5.41, 5.74) is 3.87. The average Bonchev–Trinajstić information content (AvgIpc) is 3.34. The number of rotatable bonds is 6. The molecular weight excluding hydrogens is 490 g/mol. The lowest BCUT2D eigenvalue weighted by Gasteiger charge is -2.14. The van der Waals surface area contributed by atoms with E-state index < -0.39 is 11.7 Å². The minimum atomic E-state index is -0.422. The molecular formula is C17H15BrFIN2O2. The van der Waals surface area contributed by atoms with Gasteiger partial charge in [-0.1, -0.05) is 0 Å². The molecule has 2 aromatic rings. The number of amides is 1. The van der Waals surface area contributed by atoms with Gasteiger partial charge in [0.25, 0.3) is 5.91 Å². The number of anilines is 2. The van der Waals surface area contributed by atoms with Gasteiger partial charge < -0.3 is 5.32 Å². The molecule has 1 fully saturated rings. The van der Waals surface area contributed by atoms with E-state index >= 15 is 0 Å². The summed E-state index contributed by atoms with van der Waals surface area (Å²) < 4.78 is 15.5. The van der Waals surface area contributed by atoms with Gasteiger partial charge in [0, 0.05) is 8.04 Å². The van der Waals surface area contributed by atoms with Crippen molar-refractivity contribution in [2.75, 3.05) is 11.9 Å². The Bertz CT molecular complexity index is 768. The maximum absolute atomic E-state index is 13.6. The second-order valence-corrected chi connectivity index (χ2v) is 7.72. The number of nitrogens with one attached hydrogen (secondary N) is 2. The number of hydrogen-bond acceptors (Lipinski definition) is 3. The minimum Gasteiger partial charge on any atom is -0.354 e. The van der Waals surface area contributed by atoms with Crippen molar-refractivity contribution in [2.24, 2.45) is 5.92 Å². The molecule has 1 amide bonds. The number of carbonyl (C=O) groups excluding carboxylic acids is 1. The maximum atomic E-state index is 13.6. The van der Waals surface area contributed by atoms with Crippen LogP contribution < -0.4 is 10.8 Å². The predicted molar refractivity (Wildman–Crippen MR) is 103 cm³/mol. The molecule has 0 heterocycles. The third-order valence-electron chi connectivity index (χ3n) is 3.61. The Morgan fingerprint density at radius 2 is 2.04 bits per heavy atom. The second-order valence-electron chi connectivity index (χ2n) is 5.62. The van der Waals surface area contributed by atoms with E-state index in [0.29, 0.717) is 23.8 Å². The molecule has 0 aromatic heterocycles. The van der Waals surface area contributed by atoms with Crippen LogP contribution in [0.3, 0.4) is 0 Å². The highest BCUT2D eigenvalue weighted by Crippen LogP contribution is 2.30. The lowest BCUT2D eigenvalue weighted by Crippen LogP contribution is -2.25. The van der Waals surface area contributed by atoms with Crippen LogP contribution in [-0.2, 0) is 4.84 Å². The van der Waals surface area contributed by atoms with Crippen LogP contribution in [0.1, 0.15) is 23.2 Å².